The van der Waals surface area contributed by atoms with Crippen molar-refractivity contribution in [3.05, 3.63) is 24.0 Å². The topological polar surface area (TPSA) is 96.7 Å². The normalized spacial score (nSPS) is 15.0. The van der Waals surface area contributed by atoms with Crippen molar-refractivity contribution in [3.63, 3.8) is 0 Å². The summed E-state index contributed by atoms with van der Waals surface area (Å²) in [6, 6.07) is 4.04. The molecule has 7 nitrogen and oxygen atoms in total. The highest BCUT2D eigenvalue weighted by molar-refractivity contribution is 5.94. The van der Waals surface area contributed by atoms with Crippen LogP contribution in [0.2, 0.25) is 0 Å². The summed E-state index contributed by atoms with van der Waals surface area (Å²) in [5.41, 5.74) is 6.12. The molecule has 1 aliphatic rings. The monoisotopic (exact) mass is 438 g/mol. The lowest BCUT2D eigenvalue weighted by Crippen LogP contribution is -2.38. The molecule has 0 spiro atoms. The van der Waals surface area contributed by atoms with Gasteiger partial charge in [-0.15, -0.1) is 24.8 Å². The number of rotatable bonds is 8. The number of hydrogen-bond donors (Lipinski definition) is 3. The van der Waals surface area contributed by atoms with E-state index in [1.54, 1.807) is 0 Å². The largest absolute Gasteiger partial charge is 0.379 e. The van der Waals surface area contributed by atoms with Gasteiger partial charge in [0, 0.05) is 44.2 Å². The van der Waals surface area contributed by atoms with Crippen LogP contribution in [0.1, 0.15) is 26.2 Å². The van der Waals surface area contributed by atoms with Crippen LogP contribution in [0.3, 0.4) is 0 Å². The molecule has 1 aromatic carbocycles. The van der Waals surface area contributed by atoms with E-state index in [2.05, 4.69) is 15.5 Å². The lowest BCUT2D eigenvalue weighted by atomic mass is 10.2. The average Bonchev–Trinajstić information content (AvgIpc) is 2.62. The Kier molecular flexibility index (Phi) is 13.0. The van der Waals surface area contributed by atoms with E-state index in [-0.39, 0.29) is 61.2 Å². The number of ether oxygens (including phenoxy) is 1. The van der Waals surface area contributed by atoms with Crippen molar-refractivity contribution in [2.24, 2.45) is 5.73 Å². The fraction of sp³-hybridized carbons (Fsp3) is 0.556. The molecule has 10 heteroatoms. The summed E-state index contributed by atoms with van der Waals surface area (Å²) in [5, 5.41) is 5.26. The van der Waals surface area contributed by atoms with Crippen LogP contribution < -0.4 is 16.4 Å². The molecule has 0 bridgehead atoms. The van der Waals surface area contributed by atoms with Gasteiger partial charge in [0.1, 0.15) is 5.82 Å². The van der Waals surface area contributed by atoms with Crippen molar-refractivity contribution in [1.82, 2.24) is 4.90 Å². The summed E-state index contributed by atoms with van der Waals surface area (Å²) in [6.45, 7) is 5.36. The van der Waals surface area contributed by atoms with Crippen LogP contribution in [0.4, 0.5) is 15.8 Å². The molecule has 1 heterocycles. The van der Waals surface area contributed by atoms with Gasteiger partial charge >= 0.3 is 0 Å². The average molecular weight is 439 g/mol. The molecule has 4 N–H and O–H groups in total. The molecule has 1 atom stereocenters. The predicted molar refractivity (Wildman–Crippen MR) is 113 cm³/mol. The summed E-state index contributed by atoms with van der Waals surface area (Å²) >= 11 is 0. The maximum atomic E-state index is 13.9. The lowest BCUT2D eigenvalue weighted by Gasteiger charge is -2.26. The van der Waals surface area contributed by atoms with E-state index in [1.807, 2.05) is 6.92 Å². The second-order valence-electron chi connectivity index (χ2n) is 6.51. The molecule has 0 aromatic heterocycles. The summed E-state index contributed by atoms with van der Waals surface area (Å²) in [6.07, 6.45) is 1.12. The highest BCUT2D eigenvalue weighted by Gasteiger charge is 2.14. The van der Waals surface area contributed by atoms with Gasteiger partial charge in [-0.25, -0.2) is 4.39 Å². The molecule has 1 aromatic rings. The van der Waals surface area contributed by atoms with E-state index in [0.717, 1.165) is 13.1 Å². The number of carbonyl (C=O) groups is 2. The van der Waals surface area contributed by atoms with Crippen molar-refractivity contribution in [2.75, 3.05) is 43.5 Å². The van der Waals surface area contributed by atoms with Crippen LogP contribution in [0.5, 0.6) is 0 Å². The molecule has 0 radical (unpaired) electrons. The molecule has 1 aliphatic heterocycles. The molecule has 160 valence electrons. The van der Waals surface area contributed by atoms with Crippen LogP contribution in [-0.2, 0) is 14.3 Å². The Hall–Kier alpha value is -1.45. The zero-order valence-electron chi connectivity index (χ0n) is 15.9. The van der Waals surface area contributed by atoms with Gasteiger partial charge in [0.05, 0.1) is 18.9 Å². The first-order valence-corrected chi connectivity index (χ1v) is 8.89. The van der Waals surface area contributed by atoms with Crippen LogP contribution in [-0.4, -0.2) is 55.6 Å². The number of amides is 2. The summed E-state index contributed by atoms with van der Waals surface area (Å²) in [4.78, 5) is 26.1. The van der Waals surface area contributed by atoms with Gasteiger partial charge in [-0.05, 0) is 31.5 Å². The van der Waals surface area contributed by atoms with Crippen molar-refractivity contribution in [1.29, 1.82) is 0 Å². The molecule has 0 saturated carbocycles. The minimum Gasteiger partial charge on any atom is -0.379 e. The van der Waals surface area contributed by atoms with Gasteiger partial charge in [-0.3, -0.25) is 14.5 Å². The number of nitrogens with one attached hydrogen (secondary N) is 2. The number of halogens is 3. The van der Waals surface area contributed by atoms with E-state index < -0.39 is 5.82 Å². The van der Waals surface area contributed by atoms with Crippen LogP contribution in [0.15, 0.2) is 18.2 Å². The third kappa shape index (κ3) is 9.66. The first kappa shape index (κ1) is 26.6. The maximum Gasteiger partial charge on any atom is 0.225 e. The quantitative estimate of drug-likeness (QED) is 0.578. The standard InChI is InChI=1S/C18H27FN4O3.2ClH/c1-13(20)2-5-17(24)21-14-3-4-15(19)16(12-14)22-18(25)6-7-23-8-10-26-11-9-23;;/h3-4,12-13H,2,5-11,20H2,1H3,(H,21,24)(H,22,25);2*1H. The third-order valence-corrected chi connectivity index (χ3v) is 4.11. The Morgan fingerprint density at radius 2 is 1.82 bits per heavy atom. The Morgan fingerprint density at radius 3 is 2.46 bits per heavy atom. The van der Waals surface area contributed by atoms with E-state index in [4.69, 9.17) is 10.5 Å². The van der Waals surface area contributed by atoms with Crippen LogP contribution in [0.25, 0.3) is 0 Å². The van der Waals surface area contributed by atoms with Gasteiger partial charge in [0.25, 0.3) is 0 Å². The third-order valence-electron chi connectivity index (χ3n) is 4.11. The van der Waals surface area contributed by atoms with Gasteiger partial charge < -0.3 is 21.1 Å². The van der Waals surface area contributed by atoms with Crippen molar-refractivity contribution in [2.45, 2.75) is 32.2 Å². The molecule has 28 heavy (non-hydrogen) atoms. The predicted octanol–water partition coefficient (Wildman–Crippen LogP) is 2.40. The van der Waals surface area contributed by atoms with Gasteiger partial charge in [-0.1, -0.05) is 0 Å². The van der Waals surface area contributed by atoms with E-state index >= 15 is 0 Å². The fourth-order valence-electron chi connectivity index (χ4n) is 2.58. The molecule has 2 amide bonds. The molecule has 1 fully saturated rings. The zero-order chi connectivity index (χ0) is 18.9. The SMILES string of the molecule is CC(N)CCC(=O)Nc1ccc(F)c(NC(=O)CCN2CCOCC2)c1.Cl.Cl. The minimum atomic E-state index is -0.543. The second-order valence-corrected chi connectivity index (χ2v) is 6.51. The Labute approximate surface area is 177 Å². The number of hydrogen-bond acceptors (Lipinski definition) is 5. The molecule has 2 rings (SSSR count). The zero-order valence-corrected chi connectivity index (χ0v) is 17.5. The van der Waals surface area contributed by atoms with Crippen LogP contribution in [0, 0.1) is 5.82 Å². The highest BCUT2D eigenvalue weighted by atomic mass is 35.5. The van der Waals surface area contributed by atoms with E-state index in [9.17, 15) is 14.0 Å². The molecule has 0 aliphatic carbocycles. The smallest absolute Gasteiger partial charge is 0.225 e. The van der Waals surface area contributed by atoms with Crippen LogP contribution >= 0.6 is 24.8 Å². The number of anilines is 2. The van der Waals surface area contributed by atoms with Crippen molar-refractivity contribution in [3.8, 4) is 0 Å². The molecular formula is C18H29Cl2FN4O3. The van der Waals surface area contributed by atoms with E-state index in [0.29, 0.717) is 31.9 Å². The number of nitrogens with two attached hydrogens (primary N) is 1. The Morgan fingerprint density at radius 1 is 1.18 bits per heavy atom. The number of benzene rings is 1. The summed E-state index contributed by atoms with van der Waals surface area (Å²) in [7, 11) is 0. The van der Waals surface area contributed by atoms with Gasteiger partial charge in [-0.2, -0.15) is 0 Å². The number of morpholine rings is 1. The fourth-order valence-corrected chi connectivity index (χ4v) is 2.58. The second kappa shape index (κ2) is 13.7. The molecule has 1 unspecified atom stereocenters. The minimum absolute atomic E-state index is 0. The first-order chi connectivity index (χ1) is 12.4. The summed E-state index contributed by atoms with van der Waals surface area (Å²) < 4.78 is 19.2. The van der Waals surface area contributed by atoms with E-state index in [1.165, 1.54) is 18.2 Å². The molecular weight excluding hydrogens is 410 g/mol. The molecule has 1 saturated heterocycles. The first-order valence-electron chi connectivity index (χ1n) is 8.89. The Balaban J connectivity index is 0.00000364. The number of nitrogens with zero attached hydrogens (tertiary/aromatic N) is 1. The number of carbonyl (C=O) groups excluding carboxylic acids is 2. The Bertz CT molecular complexity index is 629. The maximum absolute atomic E-state index is 13.9. The summed E-state index contributed by atoms with van der Waals surface area (Å²) in [5.74, 6) is -1.01. The van der Waals surface area contributed by atoms with Gasteiger partial charge in [0.2, 0.25) is 11.8 Å². The van der Waals surface area contributed by atoms with Crippen molar-refractivity contribution < 1.29 is 18.7 Å². The van der Waals surface area contributed by atoms with Crippen molar-refractivity contribution >= 4 is 48.0 Å². The lowest BCUT2D eigenvalue weighted by molar-refractivity contribution is -0.117. The highest BCUT2D eigenvalue weighted by Crippen LogP contribution is 2.20. The van der Waals surface area contributed by atoms with Gasteiger partial charge in [0.15, 0.2) is 0 Å².